The molecule has 1 aromatic carbocycles. The van der Waals surface area contributed by atoms with E-state index in [1.807, 2.05) is 0 Å². The molecule has 1 aromatic rings. The van der Waals surface area contributed by atoms with E-state index in [2.05, 4.69) is 38.1 Å². The van der Waals surface area contributed by atoms with Crippen LogP contribution in [0.25, 0.3) is 0 Å². The monoisotopic (exact) mass is 686 g/mol. The predicted molar refractivity (Wildman–Crippen MR) is 191 cm³/mol. The second kappa shape index (κ2) is 38.5. The highest BCUT2D eigenvalue weighted by atomic mass is 16.6. The van der Waals surface area contributed by atoms with Gasteiger partial charge in [0.25, 0.3) is 0 Å². The van der Waals surface area contributed by atoms with Crippen LogP contribution in [0.15, 0.2) is 24.3 Å². The Morgan fingerprint density at radius 2 is 0.625 bits per heavy atom. The predicted octanol–water partition coefficient (Wildman–Crippen LogP) is 6.70. The van der Waals surface area contributed by atoms with Gasteiger partial charge in [0.15, 0.2) is 0 Å². The molecule has 10 nitrogen and oxygen atoms in total. The summed E-state index contributed by atoms with van der Waals surface area (Å²) in [6, 6.07) is 8.47. The molecule has 0 radical (unpaired) electrons. The molecule has 0 unspecified atom stereocenters. The Morgan fingerprint density at radius 3 is 1.02 bits per heavy atom. The van der Waals surface area contributed by atoms with Crippen molar-refractivity contribution >= 4 is 0 Å². The molecule has 0 saturated heterocycles. The Kier molecular flexibility index (Phi) is 35.8. The van der Waals surface area contributed by atoms with Crippen LogP contribution in [-0.4, -0.2) is 126 Å². The molecular weight excluding hydrogens is 616 g/mol. The molecule has 0 heterocycles. The lowest BCUT2D eigenvalue weighted by atomic mass is 10.0. The van der Waals surface area contributed by atoms with E-state index in [-0.39, 0.29) is 0 Å². The molecule has 0 aliphatic carbocycles. The van der Waals surface area contributed by atoms with Gasteiger partial charge < -0.3 is 47.4 Å². The Bertz CT molecular complexity index is 737. The quantitative estimate of drug-likeness (QED) is 0.0695. The third-order valence-corrected chi connectivity index (χ3v) is 7.36. The zero-order chi connectivity index (χ0) is 34.3. The summed E-state index contributed by atoms with van der Waals surface area (Å²) >= 11 is 0. The van der Waals surface area contributed by atoms with Crippen molar-refractivity contribution in [1.29, 1.82) is 0 Å². The van der Waals surface area contributed by atoms with E-state index in [0.29, 0.717) is 119 Å². The van der Waals surface area contributed by atoms with E-state index in [9.17, 15) is 0 Å². The third-order valence-electron chi connectivity index (χ3n) is 7.36. The van der Waals surface area contributed by atoms with Crippen molar-refractivity contribution in [3.8, 4) is 5.75 Å². The third kappa shape index (κ3) is 33.2. The average Bonchev–Trinajstić information content (AvgIpc) is 3.11. The van der Waals surface area contributed by atoms with Crippen LogP contribution in [0.2, 0.25) is 0 Å². The Morgan fingerprint density at radius 1 is 0.312 bits per heavy atom. The van der Waals surface area contributed by atoms with E-state index in [4.69, 9.17) is 47.4 Å². The molecule has 0 aliphatic heterocycles. The summed E-state index contributed by atoms with van der Waals surface area (Å²) in [5.74, 6) is 0.891. The first kappa shape index (κ1) is 44.7. The standard InChI is InChI=1S/C38H70O10/c1-3-5-7-8-9-10-11-13-37-14-16-38(17-15-37)48-36-35-47-34-33-46-32-31-45-30-29-44-28-27-43-26-25-42-24-23-41-22-21-40-20-19-39-18-12-6-4-2/h14-17H,3-13,18-36H2,1-2H3. The molecule has 282 valence electrons. The fourth-order valence-corrected chi connectivity index (χ4v) is 4.57. The lowest BCUT2D eigenvalue weighted by Crippen LogP contribution is -2.15. The smallest absolute Gasteiger partial charge is 0.119 e. The summed E-state index contributed by atoms with van der Waals surface area (Å²) in [7, 11) is 0. The molecule has 48 heavy (non-hydrogen) atoms. The Hall–Kier alpha value is -1.34. The molecule has 0 bridgehead atoms. The maximum Gasteiger partial charge on any atom is 0.119 e. The van der Waals surface area contributed by atoms with Crippen LogP contribution in [0, 0.1) is 0 Å². The zero-order valence-electron chi connectivity index (χ0n) is 30.6. The molecule has 0 saturated carbocycles. The van der Waals surface area contributed by atoms with Gasteiger partial charge in [-0.15, -0.1) is 0 Å². The van der Waals surface area contributed by atoms with Crippen LogP contribution in [0.4, 0.5) is 0 Å². The van der Waals surface area contributed by atoms with Gasteiger partial charge in [-0.2, -0.15) is 0 Å². The van der Waals surface area contributed by atoms with E-state index < -0.39 is 0 Å². The van der Waals surface area contributed by atoms with Gasteiger partial charge in [0, 0.05) is 6.61 Å². The molecule has 0 N–H and O–H groups in total. The number of hydrogen-bond acceptors (Lipinski definition) is 10. The number of rotatable bonds is 40. The van der Waals surface area contributed by atoms with Crippen LogP contribution in [-0.2, 0) is 49.1 Å². The van der Waals surface area contributed by atoms with Gasteiger partial charge >= 0.3 is 0 Å². The number of benzene rings is 1. The molecule has 0 fully saturated rings. The fraction of sp³-hybridized carbons (Fsp3) is 0.842. The fourth-order valence-electron chi connectivity index (χ4n) is 4.57. The molecule has 0 atom stereocenters. The Balaban J connectivity index is 1.70. The van der Waals surface area contributed by atoms with Crippen molar-refractivity contribution in [2.45, 2.75) is 84.5 Å². The number of aryl methyl sites for hydroxylation is 1. The summed E-state index contributed by atoms with van der Waals surface area (Å²) in [6.07, 6.45) is 14.1. The van der Waals surface area contributed by atoms with E-state index in [1.54, 1.807) is 0 Å². The lowest BCUT2D eigenvalue weighted by Gasteiger charge is -2.09. The van der Waals surface area contributed by atoms with E-state index >= 15 is 0 Å². The van der Waals surface area contributed by atoms with Crippen LogP contribution in [0.1, 0.15) is 83.6 Å². The lowest BCUT2D eigenvalue weighted by molar-refractivity contribution is -0.0254. The molecule has 0 aromatic heterocycles. The maximum atomic E-state index is 5.78. The van der Waals surface area contributed by atoms with Gasteiger partial charge in [-0.3, -0.25) is 0 Å². The summed E-state index contributed by atoms with van der Waals surface area (Å²) in [5, 5.41) is 0. The normalized spacial score (nSPS) is 11.5. The second-order valence-corrected chi connectivity index (χ2v) is 11.6. The van der Waals surface area contributed by atoms with Crippen LogP contribution < -0.4 is 4.74 Å². The minimum absolute atomic E-state index is 0.526. The van der Waals surface area contributed by atoms with Crippen molar-refractivity contribution in [2.75, 3.05) is 126 Å². The first-order chi connectivity index (χ1) is 23.9. The van der Waals surface area contributed by atoms with Gasteiger partial charge in [-0.05, 0) is 37.0 Å². The van der Waals surface area contributed by atoms with Crippen LogP contribution in [0.5, 0.6) is 5.75 Å². The minimum Gasteiger partial charge on any atom is -0.491 e. The van der Waals surface area contributed by atoms with Gasteiger partial charge in [0.2, 0.25) is 0 Å². The summed E-state index contributed by atoms with van der Waals surface area (Å²) in [5.41, 5.74) is 1.38. The van der Waals surface area contributed by atoms with Gasteiger partial charge in [0.1, 0.15) is 12.4 Å². The maximum absolute atomic E-state index is 5.78. The zero-order valence-corrected chi connectivity index (χ0v) is 30.6. The SMILES string of the molecule is CCCCCCCCCc1ccc(OCCOCCOCCOCCOCCOCCOCCOCCOCCOCCCCC)cc1. The largest absolute Gasteiger partial charge is 0.491 e. The number of ether oxygens (including phenoxy) is 10. The van der Waals surface area contributed by atoms with Crippen LogP contribution >= 0.6 is 0 Å². The van der Waals surface area contributed by atoms with Gasteiger partial charge in [-0.1, -0.05) is 77.3 Å². The first-order valence-corrected chi connectivity index (χ1v) is 18.8. The number of hydrogen-bond donors (Lipinski definition) is 0. The van der Waals surface area contributed by atoms with Crippen molar-refractivity contribution in [3.05, 3.63) is 29.8 Å². The molecular formula is C38H70O10. The van der Waals surface area contributed by atoms with Crippen molar-refractivity contribution in [2.24, 2.45) is 0 Å². The highest BCUT2D eigenvalue weighted by Gasteiger charge is 1.99. The van der Waals surface area contributed by atoms with Crippen molar-refractivity contribution in [1.82, 2.24) is 0 Å². The topological polar surface area (TPSA) is 92.3 Å². The number of unbranched alkanes of at least 4 members (excludes halogenated alkanes) is 8. The van der Waals surface area contributed by atoms with Crippen molar-refractivity contribution < 1.29 is 47.4 Å². The van der Waals surface area contributed by atoms with E-state index in [1.165, 1.54) is 63.4 Å². The van der Waals surface area contributed by atoms with Gasteiger partial charge in [-0.25, -0.2) is 0 Å². The molecule has 0 spiro atoms. The minimum atomic E-state index is 0.526. The van der Waals surface area contributed by atoms with Crippen LogP contribution in [0.3, 0.4) is 0 Å². The molecule has 0 amide bonds. The highest BCUT2D eigenvalue weighted by Crippen LogP contribution is 2.15. The molecule has 10 heteroatoms. The highest BCUT2D eigenvalue weighted by molar-refractivity contribution is 5.27. The Labute approximate surface area is 292 Å². The second-order valence-electron chi connectivity index (χ2n) is 11.6. The van der Waals surface area contributed by atoms with Crippen molar-refractivity contribution in [3.63, 3.8) is 0 Å². The molecule has 1 rings (SSSR count). The summed E-state index contributed by atoms with van der Waals surface area (Å²) in [4.78, 5) is 0. The summed E-state index contributed by atoms with van der Waals surface area (Å²) < 4.78 is 55.4. The average molecular weight is 687 g/mol. The first-order valence-electron chi connectivity index (χ1n) is 18.8. The summed E-state index contributed by atoms with van der Waals surface area (Å²) in [6.45, 7) is 15.1. The van der Waals surface area contributed by atoms with E-state index in [0.717, 1.165) is 25.2 Å². The van der Waals surface area contributed by atoms with Gasteiger partial charge in [0.05, 0.1) is 112 Å². The molecule has 0 aliphatic rings.